The van der Waals surface area contributed by atoms with Gasteiger partial charge in [-0.1, -0.05) is 12.8 Å². The van der Waals surface area contributed by atoms with Crippen LogP contribution in [0.3, 0.4) is 0 Å². The molecule has 0 radical (unpaired) electrons. The van der Waals surface area contributed by atoms with Crippen LogP contribution in [-0.2, 0) is 4.79 Å². The molecule has 4 fully saturated rings. The molecule has 5 rings (SSSR count). The van der Waals surface area contributed by atoms with Crippen LogP contribution in [0, 0.1) is 23.2 Å². The van der Waals surface area contributed by atoms with Crippen LogP contribution in [0.4, 0.5) is 0 Å². The molecule has 6 heteroatoms. The van der Waals surface area contributed by atoms with E-state index in [1.54, 1.807) is 12.5 Å². The summed E-state index contributed by atoms with van der Waals surface area (Å²) in [6, 6.07) is 0.338. The SMILES string of the molecule is O=C(NC1CCC2(CC1)CN(C(=O)c1cnc[nH]1)C2)C1CCCC2CC21. The maximum absolute atomic E-state index is 12.6. The van der Waals surface area contributed by atoms with Gasteiger partial charge in [0.05, 0.1) is 12.5 Å². The van der Waals surface area contributed by atoms with Crippen molar-refractivity contribution in [2.24, 2.45) is 23.2 Å². The maximum atomic E-state index is 12.6. The molecule has 1 spiro atoms. The van der Waals surface area contributed by atoms with Crippen LogP contribution in [-0.4, -0.2) is 45.8 Å². The lowest BCUT2D eigenvalue weighted by Crippen LogP contribution is -2.60. The summed E-state index contributed by atoms with van der Waals surface area (Å²) < 4.78 is 0. The molecule has 2 N–H and O–H groups in total. The largest absolute Gasteiger partial charge is 0.353 e. The van der Waals surface area contributed by atoms with Crippen LogP contribution < -0.4 is 5.32 Å². The Labute approximate surface area is 154 Å². The molecule has 6 nitrogen and oxygen atoms in total. The van der Waals surface area contributed by atoms with Crippen LogP contribution in [0.5, 0.6) is 0 Å². The summed E-state index contributed by atoms with van der Waals surface area (Å²) in [6.45, 7) is 1.69. The third kappa shape index (κ3) is 2.83. The number of hydrogen-bond donors (Lipinski definition) is 2. The zero-order valence-electron chi connectivity index (χ0n) is 15.2. The first-order chi connectivity index (χ1) is 12.6. The zero-order chi connectivity index (χ0) is 17.7. The molecule has 1 saturated heterocycles. The maximum Gasteiger partial charge on any atom is 0.271 e. The van der Waals surface area contributed by atoms with E-state index in [4.69, 9.17) is 0 Å². The minimum Gasteiger partial charge on any atom is -0.353 e. The highest BCUT2D eigenvalue weighted by atomic mass is 16.2. The second-order valence-electron chi connectivity index (χ2n) is 9.11. The van der Waals surface area contributed by atoms with E-state index < -0.39 is 0 Å². The van der Waals surface area contributed by atoms with Gasteiger partial charge in [-0.3, -0.25) is 9.59 Å². The zero-order valence-corrected chi connectivity index (χ0v) is 15.2. The van der Waals surface area contributed by atoms with Gasteiger partial charge < -0.3 is 15.2 Å². The average molecular weight is 356 g/mol. The van der Waals surface area contributed by atoms with Gasteiger partial charge in [0.25, 0.3) is 5.91 Å². The number of hydrogen-bond acceptors (Lipinski definition) is 3. The molecule has 0 bridgehead atoms. The van der Waals surface area contributed by atoms with E-state index in [0.29, 0.717) is 23.6 Å². The highest BCUT2D eigenvalue weighted by molar-refractivity contribution is 5.92. The number of H-pyrrole nitrogens is 1. The summed E-state index contributed by atoms with van der Waals surface area (Å²) in [6.07, 6.45) is 12.4. The fraction of sp³-hybridized carbons (Fsp3) is 0.750. The second kappa shape index (κ2) is 6.10. The van der Waals surface area contributed by atoms with Crippen LogP contribution >= 0.6 is 0 Å². The van der Waals surface area contributed by atoms with Gasteiger partial charge in [-0.05, 0) is 50.4 Å². The van der Waals surface area contributed by atoms with Crippen molar-refractivity contribution in [1.82, 2.24) is 20.2 Å². The van der Waals surface area contributed by atoms with Crippen molar-refractivity contribution in [3.05, 3.63) is 18.2 Å². The monoisotopic (exact) mass is 356 g/mol. The molecule has 2 heterocycles. The highest BCUT2D eigenvalue weighted by Gasteiger charge is 2.50. The first-order valence-electron chi connectivity index (χ1n) is 10.2. The Morgan fingerprint density at radius 2 is 2.00 bits per heavy atom. The lowest BCUT2D eigenvalue weighted by molar-refractivity contribution is -0.127. The number of likely N-dealkylation sites (tertiary alicyclic amines) is 1. The molecule has 1 aromatic heterocycles. The molecule has 1 aliphatic heterocycles. The Morgan fingerprint density at radius 1 is 1.19 bits per heavy atom. The van der Waals surface area contributed by atoms with Crippen molar-refractivity contribution >= 4 is 11.8 Å². The van der Waals surface area contributed by atoms with Gasteiger partial charge in [-0.25, -0.2) is 4.98 Å². The van der Waals surface area contributed by atoms with E-state index in [1.807, 2.05) is 4.90 Å². The van der Waals surface area contributed by atoms with Crippen LogP contribution in [0.15, 0.2) is 12.5 Å². The molecule has 140 valence electrons. The number of fused-ring (bicyclic) bond motifs is 1. The van der Waals surface area contributed by atoms with E-state index in [9.17, 15) is 9.59 Å². The molecule has 0 aromatic carbocycles. The summed E-state index contributed by atoms with van der Waals surface area (Å²) in [5.41, 5.74) is 0.857. The molecular weight excluding hydrogens is 328 g/mol. The Morgan fingerprint density at radius 3 is 2.73 bits per heavy atom. The summed E-state index contributed by atoms with van der Waals surface area (Å²) >= 11 is 0. The number of rotatable bonds is 3. The molecule has 26 heavy (non-hydrogen) atoms. The van der Waals surface area contributed by atoms with Gasteiger partial charge >= 0.3 is 0 Å². The summed E-state index contributed by atoms with van der Waals surface area (Å²) in [4.78, 5) is 33.7. The minimum absolute atomic E-state index is 0.0554. The van der Waals surface area contributed by atoms with Crippen molar-refractivity contribution < 1.29 is 9.59 Å². The first kappa shape index (κ1) is 16.3. The Bertz CT molecular complexity index is 685. The standard InChI is InChI=1S/C20H28N4O2/c25-18(15-3-1-2-13-8-16(13)15)23-14-4-6-20(7-5-14)10-24(11-20)19(26)17-9-21-12-22-17/h9,12-16H,1-8,10-11H2,(H,21,22)(H,23,25). The number of carbonyl (C=O) groups excluding carboxylic acids is 2. The van der Waals surface area contributed by atoms with Crippen molar-refractivity contribution in [2.45, 2.75) is 57.4 Å². The quantitative estimate of drug-likeness (QED) is 0.873. The van der Waals surface area contributed by atoms with Gasteiger partial charge in [0, 0.05) is 30.5 Å². The van der Waals surface area contributed by atoms with E-state index in [-0.39, 0.29) is 17.2 Å². The predicted molar refractivity (Wildman–Crippen MR) is 96.3 cm³/mol. The van der Waals surface area contributed by atoms with Gasteiger partial charge in [0.15, 0.2) is 0 Å². The smallest absolute Gasteiger partial charge is 0.271 e. The molecule has 3 atom stereocenters. The lowest BCUT2D eigenvalue weighted by Gasteiger charge is -2.53. The third-order valence-electron chi connectivity index (χ3n) is 7.38. The third-order valence-corrected chi connectivity index (χ3v) is 7.38. The van der Waals surface area contributed by atoms with Crippen molar-refractivity contribution in [3.63, 3.8) is 0 Å². The molecular formula is C20H28N4O2. The first-order valence-corrected chi connectivity index (χ1v) is 10.2. The molecule has 2 amide bonds. The molecule has 1 aromatic rings. The number of imidazole rings is 1. The Kier molecular flexibility index (Phi) is 3.83. The van der Waals surface area contributed by atoms with Crippen molar-refractivity contribution in [2.75, 3.05) is 13.1 Å². The average Bonchev–Trinajstić information content (AvgIpc) is 3.22. The van der Waals surface area contributed by atoms with E-state index in [1.165, 1.54) is 19.3 Å². The van der Waals surface area contributed by atoms with E-state index >= 15 is 0 Å². The number of aromatic nitrogens is 2. The summed E-state index contributed by atoms with van der Waals surface area (Å²) in [5, 5.41) is 3.36. The summed E-state index contributed by atoms with van der Waals surface area (Å²) in [7, 11) is 0. The number of amides is 2. The molecule has 3 aliphatic carbocycles. The van der Waals surface area contributed by atoms with E-state index in [0.717, 1.165) is 51.1 Å². The Hall–Kier alpha value is -1.85. The lowest BCUT2D eigenvalue weighted by atomic mass is 9.67. The molecule has 4 aliphatic rings. The summed E-state index contributed by atoms with van der Waals surface area (Å²) in [5.74, 6) is 2.20. The number of carbonyl (C=O) groups is 2. The van der Waals surface area contributed by atoms with E-state index in [2.05, 4.69) is 15.3 Å². The topological polar surface area (TPSA) is 78.1 Å². The van der Waals surface area contributed by atoms with Crippen LogP contribution in [0.1, 0.15) is 61.9 Å². The van der Waals surface area contributed by atoms with Gasteiger partial charge in [0.1, 0.15) is 5.69 Å². The van der Waals surface area contributed by atoms with Crippen LogP contribution in [0.2, 0.25) is 0 Å². The van der Waals surface area contributed by atoms with Gasteiger partial charge in [-0.2, -0.15) is 0 Å². The molecule has 3 unspecified atom stereocenters. The van der Waals surface area contributed by atoms with Crippen molar-refractivity contribution in [3.8, 4) is 0 Å². The predicted octanol–water partition coefficient (Wildman–Crippen LogP) is 2.35. The normalized spacial score (nSPS) is 32.6. The highest BCUT2D eigenvalue weighted by Crippen LogP contribution is 2.53. The number of aromatic amines is 1. The second-order valence-corrected chi connectivity index (χ2v) is 9.11. The van der Waals surface area contributed by atoms with Gasteiger partial charge in [0.2, 0.25) is 5.91 Å². The van der Waals surface area contributed by atoms with Gasteiger partial charge in [-0.15, -0.1) is 0 Å². The minimum atomic E-state index is 0.0554. The fourth-order valence-electron chi connectivity index (χ4n) is 5.68. The fourth-order valence-corrected chi connectivity index (χ4v) is 5.68. The number of nitrogens with zero attached hydrogens (tertiary/aromatic N) is 2. The Balaban J connectivity index is 1.09. The van der Waals surface area contributed by atoms with Crippen LogP contribution in [0.25, 0.3) is 0 Å². The van der Waals surface area contributed by atoms with Crippen molar-refractivity contribution in [1.29, 1.82) is 0 Å². The number of nitrogens with one attached hydrogen (secondary N) is 2. The molecule has 3 saturated carbocycles.